The van der Waals surface area contributed by atoms with E-state index in [1.165, 1.54) is 18.2 Å². The molecule has 2 rings (SSSR count). The summed E-state index contributed by atoms with van der Waals surface area (Å²) >= 11 is 11.4. The third-order valence-corrected chi connectivity index (χ3v) is 2.27. The average Bonchev–Trinajstić information content (AvgIpc) is 2.70. The van der Waals surface area contributed by atoms with Gasteiger partial charge in [0.15, 0.2) is 5.75 Å². The highest BCUT2D eigenvalue weighted by molar-refractivity contribution is 6.35. The zero-order chi connectivity index (χ0) is 13.3. The highest BCUT2D eigenvalue weighted by Gasteiger charge is 2.38. The lowest BCUT2D eigenvalue weighted by Gasteiger charge is -2.02. The average molecular weight is 299 g/mol. The zero-order valence-electron chi connectivity index (χ0n) is 8.33. The molecule has 4 nitrogen and oxygen atoms in total. The summed E-state index contributed by atoms with van der Waals surface area (Å²) in [5.74, 6) is -1.44. The number of benzene rings is 1. The van der Waals surface area contributed by atoms with Crippen LogP contribution in [0, 0.1) is 0 Å². The van der Waals surface area contributed by atoms with E-state index in [2.05, 4.69) is 14.6 Å². The molecule has 9 heteroatoms. The second-order valence-corrected chi connectivity index (χ2v) is 3.89. The number of nitrogens with zero attached hydrogens (tertiary/aromatic N) is 2. The van der Waals surface area contributed by atoms with Crippen molar-refractivity contribution in [3.63, 3.8) is 0 Å². The van der Waals surface area contributed by atoms with Crippen LogP contribution in [-0.2, 0) is 6.18 Å². The van der Waals surface area contributed by atoms with Crippen LogP contribution in [0.25, 0.3) is 0 Å². The first kappa shape index (κ1) is 13.0. The Morgan fingerprint density at radius 1 is 1.17 bits per heavy atom. The molecule has 0 atom stereocenters. The number of hydrogen-bond acceptors (Lipinski definition) is 4. The molecular formula is C9H3Cl2F3N2O2. The van der Waals surface area contributed by atoms with Gasteiger partial charge in [-0.2, -0.15) is 13.2 Å². The van der Waals surface area contributed by atoms with Gasteiger partial charge in [0.1, 0.15) is 0 Å². The van der Waals surface area contributed by atoms with E-state index in [1.54, 1.807) is 0 Å². The maximum Gasteiger partial charge on any atom is 0.470 e. The van der Waals surface area contributed by atoms with Crippen molar-refractivity contribution in [2.75, 3.05) is 0 Å². The first-order chi connectivity index (χ1) is 8.36. The maximum absolute atomic E-state index is 12.2. The molecule has 18 heavy (non-hydrogen) atoms. The molecule has 2 aromatic rings. The van der Waals surface area contributed by atoms with Gasteiger partial charge in [-0.25, -0.2) is 0 Å². The molecule has 1 aromatic heterocycles. The lowest BCUT2D eigenvalue weighted by atomic mass is 10.3. The van der Waals surface area contributed by atoms with Gasteiger partial charge < -0.3 is 9.15 Å². The molecule has 0 aliphatic heterocycles. The van der Waals surface area contributed by atoms with E-state index in [1.807, 2.05) is 0 Å². The van der Waals surface area contributed by atoms with E-state index >= 15 is 0 Å². The van der Waals surface area contributed by atoms with E-state index in [4.69, 9.17) is 27.9 Å². The van der Waals surface area contributed by atoms with Gasteiger partial charge in [0, 0.05) is 5.02 Å². The van der Waals surface area contributed by atoms with E-state index in [-0.39, 0.29) is 10.8 Å². The van der Waals surface area contributed by atoms with Crippen molar-refractivity contribution in [3.05, 3.63) is 34.1 Å². The minimum atomic E-state index is -4.72. The van der Waals surface area contributed by atoms with Gasteiger partial charge in [-0.05, 0) is 18.2 Å². The van der Waals surface area contributed by atoms with Gasteiger partial charge in [-0.1, -0.05) is 33.4 Å². The van der Waals surface area contributed by atoms with E-state index in [9.17, 15) is 13.2 Å². The van der Waals surface area contributed by atoms with Gasteiger partial charge in [-0.15, -0.1) is 0 Å². The number of ether oxygens (including phenoxy) is 1. The smallest absolute Gasteiger partial charge is 0.408 e. The molecular weight excluding hydrogens is 296 g/mol. The Hall–Kier alpha value is -1.47. The summed E-state index contributed by atoms with van der Waals surface area (Å²) in [6.07, 6.45) is -5.38. The highest BCUT2D eigenvalue weighted by Crippen LogP contribution is 2.33. The highest BCUT2D eigenvalue weighted by atomic mass is 35.5. The molecule has 0 radical (unpaired) electrons. The number of rotatable bonds is 2. The molecule has 0 aliphatic rings. The summed E-state index contributed by atoms with van der Waals surface area (Å²) in [6, 6.07) is 4.17. The van der Waals surface area contributed by atoms with Crippen molar-refractivity contribution in [3.8, 4) is 11.8 Å². The molecule has 96 valence electrons. The number of aromatic nitrogens is 2. The summed E-state index contributed by atoms with van der Waals surface area (Å²) in [7, 11) is 0. The first-order valence-electron chi connectivity index (χ1n) is 4.40. The van der Waals surface area contributed by atoms with E-state index in [0.29, 0.717) is 5.02 Å². The van der Waals surface area contributed by atoms with Crippen LogP contribution in [0.4, 0.5) is 13.2 Å². The summed E-state index contributed by atoms with van der Waals surface area (Å²) < 4.78 is 45.7. The molecule has 0 aliphatic carbocycles. The van der Waals surface area contributed by atoms with Crippen LogP contribution in [0.5, 0.6) is 11.8 Å². The molecule has 0 saturated carbocycles. The summed E-state index contributed by atoms with van der Waals surface area (Å²) in [4.78, 5) is 0. The summed E-state index contributed by atoms with van der Waals surface area (Å²) in [5, 5.41) is 6.35. The van der Waals surface area contributed by atoms with Crippen LogP contribution in [0.2, 0.25) is 10.0 Å². The SMILES string of the molecule is FC(F)(F)c1nnc(Oc2ccc(Cl)cc2Cl)o1. The summed E-state index contributed by atoms with van der Waals surface area (Å²) in [5.41, 5.74) is 0. The number of alkyl halides is 3. The third-order valence-electron chi connectivity index (χ3n) is 1.74. The van der Waals surface area contributed by atoms with E-state index < -0.39 is 18.1 Å². The minimum absolute atomic E-state index is 0.0541. The topological polar surface area (TPSA) is 48.2 Å². The molecule has 0 unspecified atom stereocenters. The molecule has 1 heterocycles. The lowest BCUT2D eigenvalue weighted by Crippen LogP contribution is -2.04. The van der Waals surface area contributed by atoms with Crippen LogP contribution in [0.15, 0.2) is 22.6 Å². The molecule has 0 fully saturated rings. The Labute approximate surface area is 108 Å². The van der Waals surface area contributed by atoms with Crippen LogP contribution in [0.3, 0.4) is 0 Å². The molecule has 0 saturated heterocycles. The van der Waals surface area contributed by atoms with Gasteiger partial charge in [0.25, 0.3) is 0 Å². The van der Waals surface area contributed by atoms with Crippen LogP contribution in [-0.4, -0.2) is 10.2 Å². The molecule has 0 spiro atoms. The fourth-order valence-electron chi connectivity index (χ4n) is 1.02. The van der Waals surface area contributed by atoms with Crippen molar-refractivity contribution in [2.24, 2.45) is 0 Å². The fraction of sp³-hybridized carbons (Fsp3) is 0.111. The molecule has 0 N–H and O–H groups in total. The fourth-order valence-corrected chi connectivity index (χ4v) is 1.46. The van der Waals surface area contributed by atoms with Crippen molar-refractivity contribution in [1.82, 2.24) is 10.2 Å². The third kappa shape index (κ3) is 2.85. The number of halogens is 5. The minimum Gasteiger partial charge on any atom is -0.408 e. The largest absolute Gasteiger partial charge is 0.470 e. The van der Waals surface area contributed by atoms with Crippen molar-refractivity contribution in [1.29, 1.82) is 0 Å². The molecule has 0 bridgehead atoms. The first-order valence-corrected chi connectivity index (χ1v) is 5.15. The zero-order valence-corrected chi connectivity index (χ0v) is 9.84. The quantitative estimate of drug-likeness (QED) is 0.834. The Morgan fingerprint density at radius 3 is 2.44 bits per heavy atom. The van der Waals surface area contributed by atoms with Gasteiger partial charge in [0.05, 0.1) is 5.02 Å². The maximum atomic E-state index is 12.2. The predicted molar refractivity (Wildman–Crippen MR) is 55.8 cm³/mol. The van der Waals surface area contributed by atoms with Gasteiger partial charge >= 0.3 is 18.1 Å². The van der Waals surface area contributed by atoms with E-state index in [0.717, 1.165) is 0 Å². The standard InChI is InChI=1S/C9H3Cl2F3N2O2/c10-4-1-2-6(5(11)3-4)17-8-16-15-7(18-8)9(12,13)14/h1-3H. The van der Waals surface area contributed by atoms with Crippen molar-refractivity contribution >= 4 is 23.2 Å². The Kier molecular flexibility index (Phi) is 3.36. The van der Waals surface area contributed by atoms with Gasteiger partial charge in [-0.3, -0.25) is 0 Å². The predicted octanol–water partition coefficient (Wildman–Crippen LogP) is 4.19. The van der Waals surface area contributed by atoms with Crippen molar-refractivity contribution in [2.45, 2.75) is 6.18 Å². The van der Waals surface area contributed by atoms with Crippen LogP contribution in [0.1, 0.15) is 5.89 Å². The lowest BCUT2D eigenvalue weighted by molar-refractivity contribution is -0.157. The van der Waals surface area contributed by atoms with Crippen LogP contribution >= 0.6 is 23.2 Å². The second kappa shape index (κ2) is 4.66. The Bertz CT molecular complexity index is 571. The summed E-state index contributed by atoms with van der Waals surface area (Å²) in [6.45, 7) is 0. The van der Waals surface area contributed by atoms with Gasteiger partial charge in [0.2, 0.25) is 0 Å². The monoisotopic (exact) mass is 298 g/mol. The normalized spacial score (nSPS) is 11.6. The molecule has 1 aromatic carbocycles. The second-order valence-electron chi connectivity index (χ2n) is 3.05. The van der Waals surface area contributed by atoms with Crippen molar-refractivity contribution < 1.29 is 22.3 Å². The number of hydrogen-bond donors (Lipinski definition) is 0. The van der Waals surface area contributed by atoms with Crippen LogP contribution < -0.4 is 4.74 Å². The molecule has 0 amide bonds. The Morgan fingerprint density at radius 2 is 1.89 bits per heavy atom. The Balaban J connectivity index is 2.21.